The Morgan fingerprint density at radius 2 is 0.973 bits per heavy atom. The lowest BCUT2D eigenvalue weighted by Crippen LogP contribution is -1.93. The maximum absolute atomic E-state index is 3.83. The molecule has 0 aliphatic rings. The van der Waals surface area contributed by atoms with Gasteiger partial charge in [0.1, 0.15) is 0 Å². The predicted molar refractivity (Wildman–Crippen MR) is 172 cm³/mol. The number of hydrogen-bond donors (Lipinski definition) is 0. The molecule has 0 aliphatic carbocycles. The summed E-state index contributed by atoms with van der Waals surface area (Å²) in [7, 11) is 0. The molecule has 0 saturated heterocycles. The fraction of sp³-hybridized carbons (Fsp3) is 0.297. The van der Waals surface area contributed by atoms with Gasteiger partial charge < -0.3 is 0 Å². The summed E-state index contributed by atoms with van der Waals surface area (Å²) in [5.41, 5.74) is 17.3. The Balaban J connectivity index is 0.000000278. The summed E-state index contributed by atoms with van der Waals surface area (Å²) < 4.78 is 0. The zero-order valence-electron chi connectivity index (χ0n) is 25.3. The van der Waals surface area contributed by atoms with Crippen molar-refractivity contribution in [1.82, 2.24) is 0 Å². The van der Waals surface area contributed by atoms with Crippen molar-refractivity contribution in [3.63, 3.8) is 0 Å². The first-order chi connectivity index (χ1) is 17.4. The Morgan fingerprint density at radius 3 is 1.51 bits per heavy atom. The summed E-state index contributed by atoms with van der Waals surface area (Å²) in [5, 5.41) is 0. The molecule has 3 aromatic rings. The summed E-state index contributed by atoms with van der Waals surface area (Å²) in [4.78, 5) is 0. The normalized spacial score (nSPS) is 10.6. The molecule has 3 aromatic carbocycles. The molecule has 0 fully saturated rings. The molecule has 0 nitrogen and oxygen atoms in total. The molecule has 0 heterocycles. The minimum atomic E-state index is 1.21. The molecular weight excluding hydrogens is 444 g/mol. The first-order valence-corrected chi connectivity index (χ1v) is 13.2. The van der Waals surface area contributed by atoms with Gasteiger partial charge in [0.05, 0.1) is 0 Å². The van der Waals surface area contributed by atoms with Crippen LogP contribution in [0.5, 0.6) is 0 Å². The minimum Gasteiger partial charge on any atom is -0.0984 e. The van der Waals surface area contributed by atoms with E-state index < -0.39 is 0 Å². The topological polar surface area (TPSA) is 0 Å². The molecule has 0 saturated carbocycles. The number of hydrogen-bond acceptors (Lipinski definition) is 0. The summed E-state index contributed by atoms with van der Waals surface area (Å²) in [6.07, 6.45) is 12.3. The third-order valence-corrected chi connectivity index (χ3v) is 7.23. The molecule has 0 atom stereocenters. The monoisotopic (exact) mass is 492 g/mol. The van der Waals surface area contributed by atoms with Gasteiger partial charge in [-0.3, -0.25) is 0 Å². The van der Waals surface area contributed by atoms with Crippen molar-refractivity contribution in [3.8, 4) is 0 Å². The molecule has 0 radical (unpaired) electrons. The van der Waals surface area contributed by atoms with Gasteiger partial charge in [-0.2, -0.15) is 0 Å². The third kappa shape index (κ3) is 8.60. The highest BCUT2D eigenvalue weighted by atomic mass is 14.1. The second kappa shape index (κ2) is 15.0. The predicted octanol–water partition coefficient (Wildman–Crippen LogP) is 11.2. The molecule has 0 spiro atoms. The number of benzene rings is 3. The summed E-state index contributed by atoms with van der Waals surface area (Å²) in [6.45, 7) is 31.1. The van der Waals surface area contributed by atoms with Crippen LogP contribution >= 0.6 is 0 Å². The number of aryl methyl sites for hydroxylation is 6. The highest BCUT2D eigenvalue weighted by Crippen LogP contribution is 2.24. The van der Waals surface area contributed by atoms with Crippen molar-refractivity contribution in [2.24, 2.45) is 0 Å². The zero-order valence-corrected chi connectivity index (χ0v) is 25.3. The van der Waals surface area contributed by atoms with Gasteiger partial charge in [-0.15, -0.1) is 0 Å². The van der Waals surface area contributed by atoms with Crippen molar-refractivity contribution < 1.29 is 0 Å². The zero-order chi connectivity index (χ0) is 28.3. The van der Waals surface area contributed by atoms with Crippen LogP contribution in [0.3, 0.4) is 0 Å². The third-order valence-electron chi connectivity index (χ3n) is 7.23. The Bertz CT molecular complexity index is 1280. The lowest BCUT2D eigenvalue weighted by molar-refractivity contribution is 1.26. The highest BCUT2D eigenvalue weighted by Gasteiger charge is 2.05. The molecule has 0 heteroatoms. The Labute approximate surface area is 228 Å². The van der Waals surface area contributed by atoms with Gasteiger partial charge in [-0.1, -0.05) is 79.9 Å². The van der Waals surface area contributed by atoms with Gasteiger partial charge >= 0.3 is 0 Å². The fourth-order valence-corrected chi connectivity index (χ4v) is 4.35. The van der Waals surface area contributed by atoms with Crippen LogP contribution in [-0.2, 0) is 0 Å². The first-order valence-electron chi connectivity index (χ1n) is 13.2. The van der Waals surface area contributed by atoms with Crippen LogP contribution in [0.25, 0.3) is 24.3 Å². The summed E-state index contributed by atoms with van der Waals surface area (Å²) in [6, 6.07) is 11.0. The second-order valence-electron chi connectivity index (χ2n) is 9.89. The van der Waals surface area contributed by atoms with E-state index in [1.165, 1.54) is 72.3 Å². The molecule has 3 rings (SSSR count). The van der Waals surface area contributed by atoms with E-state index in [1.807, 2.05) is 12.2 Å². The van der Waals surface area contributed by atoms with Crippen molar-refractivity contribution >= 4 is 24.3 Å². The molecule has 0 amide bonds. The number of allylic oxidation sites excluding steroid dienone is 2. The second-order valence-corrected chi connectivity index (χ2v) is 9.89. The van der Waals surface area contributed by atoms with Crippen LogP contribution in [0.4, 0.5) is 0 Å². The van der Waals surface area contributed by atoms with Crippen LogP contribution in [0.15, 0.2) is 55.6 Å². The maximum atomic E-state index is 3.83. The standard InChI is InChI=1S/C13H16.2C12H16/c1-6-12-10(4)8-9(3)11(5)13(12)7-2;1-5-6-12-8-10(3)9(2)7-11(12)4;1-5-6-12-8-7-9(2)10(3)11(12)4/h6-8H,1-2H2,3-5H3;2*5-8H,1-4H3/b;2*6-5-. The van der Waals surface area contributed by atoms with E-state index in [0.717, 1.165) is 0 Å². The molecule has 196 valence electrons. The van der Waals surface area contributed by atoms with E-state index in [0.29, 0.717) is 0 Å². The lowest BCUT2D eigenvalue weighted by atomic mass is 9.93. The van der Waals surface area contributed by atoms with E-state index in [9.17, 15) is 0 Å². The molecule has 0 bridgehead atoms. The van der Waals surface area contributed by atoms with Gasteiger partial charge in [0.25, 0.3) is 0 Å². The van der Waals surface area contributed by atoms with Gasteiger partial charge in [-0.05, 0) is 148 Å². The average molecular weight is 493 g/mol. The van der Waals surface area contributed by atoms with Gasteiger partial charge in [0, 0.05) is 0 Å². The van der Waals surface area contributed by atoms with E-state index in [-0.39, 0.29) is 0 Å². The van der Waals surface area contributed by atoms with Gasteiger partial charge in [0.2, 0.25) is 0 Å². The first kappa shape index (κ1) is 31.6. The summed E-state index contributed by atoms with van der Waals surface area (Å²) in [5.74, 6) is 0. The van der Waals surface area contributed by atoms with E-state index >= 15 is 0 Å². The largest absolute Gasteiger partial charge is 0.0984 e. The highest BCUT2D eigenvalue weighted by molar-refractivity contribution is 5.70. The lowest BCUT2D eigenvalue weighted by Gasteiger charge is -2.11. The Kier molecular flexibility index (Phi) is 12.8. The molecule has 0 unspecified atom stereocenters. The van der Waals surface area contributed by atoms with Crippen LogP contribution in [0.1, 0.15) is 86.2 Å². The smallest absolute Gasteiger partial charge is 0.0156 e. The molecule has 37 heavy (non-hydrogen) atoms. The maximum Gasteiger partial charge on any atom is -0.0156 e. The van der Waals surface area contributed by atoms with E-state index in [1.54, 1.807) is 0 Å². The average Bonchev–Trinajstić information content (AvgIpc) is 2.86. The Morgan fingerprint density at radius 1 is 0.459 bits per heavy atom. The SMILES string of the molecule is C/C=C\c1cc(C)c(C)cc1C.C/C=C\c1ccc(C)c(C)c1C.C=Cc1c(C)cc(C)c(C)c1C=C. The minimum absolute atomic E-state index is 1.21. The molecule has 0 aromatic heterocycles. The quantitative estimate of drug-likeness (QED) is 0.340. The van der Waals surface area contributed by atoms with E-state index in [4.69, 9.17) is 0 Å². The van der Waals surface area contributed by atoms with Crippen LogP contribution < -0.4 is 0 Å². The van der Waals surface area contributed by atoms with Crippen LogP contribution in [0.2, 0.25) is 0 Å². The molecular formula is C37H48. The van der Waals surface area contributed by atoms with Gasteiger partial charge in [0.15, 0.2) is 0 Å². The van der Waals surface area contributed by atoms with Crippen molar-refractivity contribution in [1.29, 1.82) is 0 Å². The summed E-state index contributed by atoms with van der Waals surface area (Å²) >= 11 is 0. The fourth-order valence-electron chi connectivity index (χ4n) is 4.35. The van der Waals surface area contributed by atoms with E-state index in [2.05, 4.69) is 144 Å². The number of rotatable bonds is 4. The van der Waals surface area contributed by atoms with Gasteiger partial charge in [-0.25, -0.2) is 0 Å². The van der Waals surface area contributed by atoms with Crippen molar-refractivity contribution in [2.45, 2.75) is 76.2 Å². The van der Waals surface area contributed by atoms with Crippen molar-refractivity contribution in [3.05, 3.63) is 128 Å². The molecule has 0 N–H and O–H groups in total. The molecule has 0 aliphatic heterocycles. The van der Waals surface area contributed by atoms with Crippen LogP contribution in [-0.4, -0.2) is 0 Å². The van der Waals surface area contributed by atoms with Crippen molar-refractivity contribution in [2.75, 3.05) is 0 Å². The van der Waals surface area contributed by atoms with Crippen LogP contribution in [0, 0.1) is 62.3 Å². The Hall–Kier alpha value is -3.38.